The van der Waals surface area contributed by atoms with Gasteiger partial charge in [-0.1, -0.05) is 0 Å². The first kappa shape index (κ1) is 20.9. The van der Waals surface area contributed by atoms with Gasteiger partial charge >= 0.3 is 0 Å². The Labute approximate surface area is 188 Å². The number of hydrogen-bond acceptors (Lipinski definition) is 4. The molecule has 0 radical (unpaired) electrons. The van der Waals surface area contributed by atoms with E-state index in [9.17, 15) is 9.59 Å². The average molecular weight is 434 g/mol. The summed E-state index contributed by atoms with van der Waals surface area (Å²) in [4.78, 5) is 37.5. The second-order valence-electron chi connectivity index (χ2n) is 9.20. The molecular formula is C25H31N5O2. The van der Waals surface area contributed by atoms with Gasteiger partial charge in [0.2, 0.25) is 0 Å². The standard InChI is InChI=1S/C20H20N4O2.C5H11N/c1-11-15(20(26)24-9-2-3-10-24)12-6-7-13(17(12)22-11)16-14-5-4-8-21-18(14)23-19(16)25;1-6-4-2-3-5-6/h4-5,8,22H,2-3,6-7,9-10H2,1H3,(H,21,23,25);2-5H2,1H3/b16-13-;. The molecule has 168 valence electrons. The van der Waals surface area contributed by atoms with Crippen molar-refractivity contribution >= 4 is 28.8 Å². The number of nitrogens with zero attached hydrogens (tertiary/aromatic N) is 3. The number of H-pyrrole nitrogens is 1. The smallest absolute Gasteiger partial charge is 0.257 e. The quantitative estimate of drug-likeness (QED) is 0.675. The average Bonchev–Trinajstić information content (AvgIpc) is 3.57. The third-order valence-electron chi connectivity index (χ3n) is 6.99. The van der Waals surface area contributed by atoms with Gasteiger partial charge in [0.25, 0.3) is 11.8 Å². The molecule has 7 nitrogen and oxygen atoms in total. The Kier molecular flexibility index (Phi) is 5.59. The Morgan fingerprint density at radius 1 is 1.06 bits per heavy atom. The van der Waals surface area contributed by atoms with Crippen LogP contribution in [0.2, 0.25) is 0 Å². The second-order valence-corrected chi connectivity index (χ2v) is 9.20. The minimum absolute atomic E-state index is 0.110. The van der Waals surface area contributed by atoms with Crippen LogP contribution in [0.1, 0.15) is 65.0 Å². The van der Waals surface area contributed by atoms with Crippen LogP contribution in [0.3, 0.4) is 0 Å². The van der Waals surface area contributed by atoms with Crippen LogP contribution in [0.4, 0.5) is 5.82 Å². The highest BCUT2D eigenvalue weighted by molar-refractivity contribution is 6.36. The van der Waals surface area contributed by atoms with Crippen LogP contribution in [0.5, 0.6) is 0 Å². The third-order valence-corrected chi connectivity index (χ3v) is 6.99. The van der Waals surface area contributed by atoms with E-state index in [2.05, 4.69) is 27.2 Å². The number of hydrogen-bond donors (Lipinski definition) is 2. The summed E-state index contributed by atoms with van der Waals surface area (Å²) in [5.41, 5.74) is 6.25. The van der Waals surface area contributed by atoms with Gasteiger partial charge in [-0.2, -0.15) is 0 Å². The van der Waals surface area contributed by atoms with Crippen LogP contribution >= 0.6 is 0 Å². The van der Waals surface area contributed by atoms with Crippen molar-refractivity contribution in [3.05, 3.63) is 46.4 Å². The lowest BCUT2D eigenvalue weighted by Gasteiger charge is -2.15. The number of nitrogens with one attached hydrogen (secondary N) is 2. The van der Waals surface area contributed by atoms with Crippen molar-refractivity contribution in [1.82, 2.24) is 19.8 Å². The predicted molar refractivity (Wildman–Crippen MR) is 125 cm³/mol. The van der Waals surface area contributed by atoms with Gasteiger partial charge in [-0.3, -0.25) is 9.59 Å². The number of likely N-dealkylation sites (tertiary alicyclic amines) is 2. The Morgan fingerprint density at radius 3 is 2.47 bits per heavy atom. The molecule has 4 aliphatic rings. The van der Waals surface area contributed by atoms with Crippen LogP contribution in [0.15, 0.2) is 18.3 Å². The first-order valence-corrected chi connectivity index (χ1v) is 11.7. The molecule has 2 N–H and O–H groups in total. The van der Waals surface area contributed by atoms with Gasteiger partial charge in [0.05, 0.1) is 11.1 Å². The number of anilines is 1. The van der Waals surface area contributed by atoms with Crippen molar-refractivity contribution in [3.63, 3.8) is 0 Å². The van der Waals surface area contributed by atoms with Crippen LogP contribution < -0.4 is 5.32 Å². The summed E-state index contributed by atoms with van der Waals surface area (Å²) in [6.45, 7) is 6.27. The van der Waals surface area contributed by atoms with Gasteiger partial charge in [-0.15, -0.1) is 0 Å². The zero-order valence-corrected chi connectivity index (χ0v) is 19.0. The van der Waals surface area contributed by atoms with Gasteiger partial charge in [0.1, 0.15) is 5.82 Å². The van der Waals surface area contributed by atoms with E-state index < -0.39 is 0 Å². The highest BCUT2D eigenvalue weighted by atomic mass is 16.2. The lowest BCUT2D eigenvalue weighted by Crippen LogP contribution is -2.28. The number of aryl methyl sites for hydroxylation is 1. The molecule has 0 spiro atoms. The Morgan fingerprint density at radius 2 is 1.78 bits per heavy atom. The van der Waals surface area contributed by atoms with E-state index in [0.717, 1.165) is 72.4 Å². The zero-order valence-electron chi connectivity index (χ0n) is 19.0. The van der Waals surface area contributed by atoms with Crippen LogP contribution in [0.25, 0.3) is 11.1 Å². The van der Waals surface area contributed by atoms with Crippen molar-refractivity contribution in [2.75, 3.05) is 38.5 Å². The summed E-state index contributed by atoms with van der Waals surface area (Å²) in [6.07, 6.45) is 8.22. The molecule has 2 aromatic heterocycles. The van der Waals surface area contributed by atoms with E-state index in [0.29, 0.717) is 11.4 Å². The van der Waals surface area contributed by atoms with Crippen molar-refractivity contribution in [2.24, 2.45) is 0 Å². The number of allylic oxidation sites excluding steroid dienone is 1. The first-order valence-electron chi connectivity index (χ1n) is 11.7. The highest BCUT2D eigenvalue weighted by Gasteiger charge is 2.35. The highest BCUT2D eigenvalue weighted by Crippen LogP contribution is 2.43. The number of carbonyl (C=O) groups excluding carboxylic acids is 2. The predicted octanol–water partition coefficient (Wildman–Crippen LogP) is 3.48. The molecule has 1 aliphatic carbocycles. The third kappa shape index (κ3) is 3.64. The van der Waals surface area contributed by atoms with E-state index in [1.165, 1.54) is 25.9 Å². The Balaban J connectivity index is 0.000000314. The molecule has 3 aliphatic heterocycles. The number of carbonyl (C=O) groups is 2. The fourth-order valence-electron chi connectivity index (χ4n) is 5.35. The molecule has 0 atom stereocenters. The van der Waals surface area contributed by atoms with E-state index in [4.69, 9.17) is 0 Å². The van der Waals surface area contributed by atoms with E-state index in [1.807, 2.05) is 24.0 Å². The molecular weight excluding hydrogens is 402 g/mol. The molecule has 2 fully saturated rings. The van der Waals surface area contributed by atoms with Crippen molar-refractivity contribution in [3.8, 4) is 0 Å². The molecule has 6 rings (SSSR count). The van der Waals surface area contributed by atoms with Gasteiger partial charge in [-0.25, -0.2) is 4.98 Å². The van der Waals surface area contributed by atoms with E-state index in [1.54, 1.807) is 6.20 Å². The molecule has 7 heteroatoms. The maximum Gasteiger partial charge on any atom is 0.257 e. The molecule has 2 aromatic rings. The van der Waals surface area contributed by atoms with Gasteiger partial charge in [0.15, 0.2) is 0 Å². The molecule has 2 amide bonds. The SMILES string of the molecule is CN1CCCC1.Cc1[nH]c2c(c1C(=O)N1CCCC1)CC/C2=C1/C(=O)Nc2ncccc21. The summed E-state index contributed by atoms with van der Waals surface area (Å²) >= 11 is 0. The monoisotopic (exact) mass is 433 g/mol. The van der Waals surface area contributed by atoms with Gasteiger partial charge < -0.3 is 20.1 Å². The summed E-state index contributed by atoms with van der Waals surface area (Å²) < 4.78 is 0. The molecule has 32 heavy (non-hydrogen) atoms. The molecule has 0 unspecified atom stereocenters. The maximum atomic E-state index is 13.0. The molecule has 0 bridgehead atoms. The summed E-state index contributed by atoms with van der Waals surface area (Å²) in [5.74, 6) is 0.632. The van der Waals surface area contributed by atoms with Gasteiger partial charge in [-0.05, 0) is 88.9 Å². The van der Waals surface area contributed by atoms with Crippen LogP contribution in [-0.4, -0.2) is 64.8 Å². The minimum atomic E-state index is -0.110. The summed E-state index contributed by atoms with van der Waals surface area (Å²) in [5, 5.41) is 2.85. The topological polar surface area (TPSA) is 81.3 Å². The number of aromatic amines is 1. The number of amides is 2. The molecule has 5 heterocycles. The zero-order chi connectivity index (χ0) is 22.2. The van der Waals surface area contributed by atoms with Crippen molar-refractivity contribution < 1.29 is 9.59 Å². The van der Waals surface area contributed by atoms with Crippen LogP contribution in [0, 0.1) is 6.92 Å². The number of rotatable bonds is 1. The summed E-state index contributed by atoms with van der Waals surface area (Å²) in [6, 6.07) is 3.77. The van der Waals surface area contributed by atoms with Crippen molar-refractivity contribution in [1.29, 1.82) is 0 Å². The lowest BCUT2D eigenvalue weighted by molar-refractivity contribution is -0.110. The molecule has 0 aromatic carbocycles. The number of pyridine rings is 1. The molecule has 0 saturated carbocycles. The molecule has 2 saturated heterocycles. The first-order chi connectivity index (χ1) is 15.5. The van der Waals surface area contributed by atoms with Gasteiger partial charge in [0, 0.05) is 36.2 Å². The second kappa shape index (κ2) is 8.54. The fourth-order valence-corrected chi connectivity index (χ4v) is 5.35. The Bertz CT molecular complexity index is 1090. The fraction of sp³-hybridized carbons (Fsp3) is 0.480. The largest absolute Gasteiger partial charge is 0.358 e. The van der Waals surface area contributed by atoms with Crippen molar-refractivity contribution in [2.45, 2.75) is 45.4 Å². The summed E-state index contributed by atoms with van der Waals surface area (Å²) in [7, 11) is 2.17. The Hall–Kier alpha value is -2.93. The number of fused-ring (bicyclic) bond motifs is 2. The van der Waals surface area contributed by atoms with Crippen LogP contribution in [-0.2, 0) is 11.2 Å². The number of aromatic nitrogens is 2. The maximum absolute atomic E-state index is 13.0. The van der Waals surface area contributed by atoms with E-state index in [-0.39, 0.29) is 11.8 Å². The van der Waals surface area contributed by atoms with E-state index >= 15 is 0 Å². The normalized spacial score (nSPS) is 21.9. The lowest BCUT2D eigenvalue weighted by atomic mass is 10.0. The minimum Gasteiger partial charge on any atom is -0.358 e.